The number of rotatable bonds is 5. The molecule has 1 amide bonds. The van der Waals surface area contributed by atoms with Gasteiger partial charge in [0.05, 0.1) is 0 Å². The summed E-state index contributed by atoms with van der Waals surface area (Å²) in [6, 6.07) is 12.0. The van der Waals surface area contributed by atoms with E-state index in [1.165, 1.54) is 10.9 Å². The van der Waals surface area contributed by atoms with E-state index in [1.807, 2.05) is 48.4 Å². The molecule has 0 aliphatic carbocycles. The van der Waals surface area contributed by atoms with Crippen LogP contribution in [0, 0.1) is 6.92 Å². The van der Waals surface area contributed by atoms with E-state index in [4.69, 9.17) is 4.42 Å². The number of amides is 1. The smallest absolute Gasteiger partial charge is 0.289 e. The van der Waals surface area contributed by atoms with E-state index in [1.54, 1.807) is 23.1 Å². The Balaban J connectivity index is 1.22. The van der Waals surface area contributed by atoms with Gasteiger partial charge in [0.25, 0.3) is 5.91 Å². The molecule has 5 aromatic rings. The van der Waals surface area contributed by atoms with Crippen molar-refractivity contribution in [2.24, 2.45) is 0 Å². The van der Waals surface area contributed by atoms with Gasteiger partial charge in [0.1, 0.15) is 15.6 Å². The van der Waals surface area contributed by atoms with Gasteiger partial charge in [-0.3, -0.25) is 4.79 Å². The average Bonchev–Trinajstić information content (AvgIpc) is 3.59. The van der Waals surface area contributed by atoms with Crippen LogP contribution in [-0.2, 0) is 5.75 Å². The van der Waals surface area contributed by atoms with Crippen LogP contribution in [0.2, 0.25) is 0 Å². The zero-order valence-corrected chi connectivity index (χ0v) is 20.4. The maximum absolute atomic E-state index is 13.6. The van der Waals surface area contributed by atoms with Crippen LogP contribution in [-0.4, -0.2) is 38.8 Å². The number of para-hydroxylation sites is 1. The van der Waals surface area contributed by atoms with E-state index < -0.39 is 0 Å². The molecule has 172 valence electrons. The number of thiazole rings is 1. The standard InChI is InChI=1S/C26H24N4O2S2/c1-16-14-33-26(29-16)34-15-21-18-5-2-3-7-22(18)32-23(21)25(31)30-11-8-17(9-12-30)20-13-28-24-19(20)6-4-10-27-24/h2-7,10,13-14,17H,8-9,11-12,15H2,1H3,(H,27,28). The maximum Gasteiger partial charge on any atom is 0.289 e. The van der Waals surface area contributed by atoms with Crippen LogP contribution < -0.4 is 0 Å². The number of carbonyl (C=O) groups is 1. The molecule has 1 aliphatic heterocycles. The number of H-pyrrole nitrogens is 1. The lowest BCUT2D eigenvalue weighted by molar-refractivity contribution is 0.0682. The number of hydrogen-bond donors (Lipinski definition) is 1. The number of likely N-dealkylation sites (tertiary alicyclic amines) is 1. The molecule has 0 spiro atoms. The van der Waals surface area contributed by atoms with Crippen LogP contribution in [0.25, 0.3) is 22.0 Å². The zero-order valence-electron chi connectivity index (χ0n) is 18.8. The van der Waals surface area contributed by atoms with Gasteiger partial charge in [-0.25, -0.2) is 9.97 Å². The monoisotopic (exact) mass is 488 g/mol. The Morgan fingerprint density at radius 3 is 2.85 bits per heavy atom. The van der Waals surface area contributed by atoms with Gasteiger partial charge in [-0.05, 0) is 49.4 Å². The SMILES string of the molecule is Cc1csc(SCc2c(C(=O)N3CCC(c4c[nH]c5ncccc45)CC3)oc3ccccc23)n1. The van der Waals surface area contributed by atoms with E-state index >= 15 is 0 Å². The summed E-state index contributed by atoms with van der Waals surface area (Å²) in [7, 11) is 0. The van der Waals surface area contributed by atoms with Crippen molar-refractivity contribution in [2.75, 3.05) is 13.1 Å². The highest BCUT2D eigenvalue weighted by molar-refractivity contribution is 8.00. The van der Waals surface area contributed by atoms with Gasteiger partial charge in [-0.15, -0.1) is 11.3 Å². The zero-order chi connectivity index (χ0) is 23.1. The van der Waals surface area contributed by atoms with Crippen molar-refractivity contribution in [1.29, 1.82) is 0 Å². The number of furan rings is 1. The molecule has 0 saturated carbocycles. The number of carbonyl (C=O) groups excluding carboxylic acids is 1. The topological polar surface area (TPSA) is 75.0 Å². The third-order valence-corrected chi connectivity index (χ3v) is 8.70. The number of aryl methyl sites for hydroxylation is 1. The highest BCUT2D eigenvalue weighted by Gasteiger charge is 2.30. The summed E-state index contributed by atoms with van der Waals surface area (Å²) in [5, 5.41) is 4.24. The molecule has 0 atom stereocenters. The first-order valence-corrected chi connectivity index (χ1v) is 13.3. The van der Waals surface area contributed by atoms with Gasteiger partial charge >= 0.3 is 0 Å². The summed E-state index contributed by atoms with van der Waals surface area (Å²) in [5.74, 6) is 1.53. The molecule has 1 fully saturated rings. The normalized spacial score (nSPS) is 14.9. The Labute approximate surface area is 205 Å². The number of nitrogens with zero attached hydrogens (tertiary/aromatic N) is 3. The Morgan fingerprint density at radius 2 is 2.03 bits per heavy atom. The lowest BCUT2D eigenvalue weighted by Crippen LogP contribution is -2.38. The Bertz CT molecular complexity index is 1480. The summed E-state index contributed by atoms with van der Waals surface area (Å²) in [4.78, 5) is 27.8. The molecule has 6 rings (SSSR count). The Morgan fingerprint density at radius 1 is 1.21 bits per heavy atom. The van der Waals surface area contributed by atoms with E-state index in [0.29, 0.717) is 30.5 Å². The quantitative estimate of drug-likeness (QED) is 0.290. The lowest BCUT2D eigenvalue weighted by atomic mass is 9.89. The summed E-state index contributed by atoms with van der Waals surface area (Å²) >= 11 is 3.30. The van der Waals surface area contributed by atoms with E-state index in [9.17, 15) is 4.79 Å². The number of hydrogen-bond acceptors (Lipinski definition) is 6. The van der Waals surface area contributed by atoms with Crippen molar-refractivity contribution in [3.63, 3.8) is 0 Å². The summed E-state index contributed by atoms with van der Waals surface area (Å²) in [6.45, 7) is 3.43. The van der Waals surface area contributed by atoms with Crippen LogP contribution in [0.1, 0.15) is 46.1 Å². The number of thioether (sulfide) groups is 1. The minimum Gasteiger partial charge on any atom is -0.451 e. The first-order chi connectivity index (χ1) is 16.7. The molecule has 4 aromatic heterocycles. The third kappa shape index (κ3) is 3.91. The molecule has 0 unspecified atom stereocenters. The number of piperidine rings is 1. The van der Waals surface area contributed by atoms with Crippen LogP contribution in [0.4, 0.5) is 0 Å². The fourth-order valence-corrected chi connectivity index (χ4v) is 6.68. The van der Waals surface area contributed by atoms with Crippen molar-refractivity contribution in [3.05, 3.63) is 76.8 Å². The second-order valence-corrected chi connectivity index (χ2v) is 10.7. The van der Waals surface area contributed by atoms with E-state index in [0.717, 1.165) is 45.1 Å². The molecule has 1 aliphatic rings. The fourth-order valence-electron chi connectivity index (χ4n) is 4.80. The molecule has 0 radical (unpaired) electrons. The van der Waals surface area contributed by atoms with Gasteiger partial charge in [0.2, 0.25) is 0 Å². The first-order valence-electron chi connectivity index (χ1n) is 11.4. The minimum absolute atomic E-state index is 0.0128. The number of aromatic amines is 1. The summed E-state index contributed by atoms with van der Waals surface area (Å²) in [5.41, 5.74) is 4.97. The number of nitrogens with one attached hydrogen (secondary N) is 1. The van der Waals surface area contributed by atoms with Gasteiger partial charge in [0, 0.05) is 58.6 Å². The van der Waals surface area contributed by atoms with Gasteiger partial charge < -0.3 is 14.3 Å². The molecule has 1 saturated heterocycles. The molecule has 1 aromatic carbocycles. The average molecular weight is 489 g/mol. The molecule has 8 heteroatoms. The van der Waals surface area contributed by atoms with Crippen LogP contribution in [0.5, 0.6) is 0 Å². The lowest BCUT2D eigenvalue weighted by Gasteiger charge is -2.31. The number of benzene rings is 1. The van der Waals surface area contributed by atoms with E-state index in [-0.39, 0.29) is 5.91 Å². The van der Waals surface area contributed by atoms with Crippen LogP contribution in [0.3, 0.4) is 0 Å². The second-order valence-electron chi connectivity index (χ2n) is 8.66. The minimum atomic E-state index is -0.0128. The maximum atomic E-state index is 13.6. The third-order valence-electron chi connectivity index (χ3n) is 6.54. The van der Waals surface area contributed by atoms with Crippen molar-refractivity contribution in [3.8, 4) is 0 Å². The molecule has 5 heterocycles. The first kappa shape index (κ1) is 21.4. The summed E-state index contributed by atoms with van der Waals surface area (Å²) in [6.07, 6.45) is 5.74. The second kappa shape index (κ2) is 8.92. The van der Waals surface area contributed by atoms with Crippen LogP contribution >= 0.6 is 23.1 Å². The summed E-state index contributed by atoms with van der Waals surface area (Å²) < 4.78 is 7.14. The Kier molecular flexibility index (Phi) is 5.63. The predicted octanol–water partition coefficient (Wildman–Crippen LogP) is 6.39. The largest absolute Gasteiger partial charge is 0.451 e. The van der Waals surface area contributed by atoms with E-state index in [2.05, 4.69) is 32.6 Å². The molecular weight excluding hydrogens is 464 g/mol. The fraction of sp³-hybridized carbons (Fsp3) is 0.269. The molecule has 6 nitrogen and oxygen atoms in total. The number of pyridine rings is 1. The van der Waals surface area contributed by atoms with Gasteiger partial charge in [-0.2, -0.15) is 0 Å². The molecule has 1 N–H and O–H groups in total. The highest BCUT2D eigenvalue weighted by Crippen LogP contribution is 2.36. The van der Waals surface area contributed by atoms with Gasteiger partial charge in [0.15, 0.2) is 5.76 Å². The van der Waals surface area contributed by atoms with Gasteiger partial charge in [-0.1, -0.05) is 30.0 Å². The highest BCUT2D eigenvalue weighted by atomic mass is 32.2. The molecular formula is C26H24N4O2S2. The predicted molar refractivity (Wildman–Crippen MR) is 137 cm³/mol. The van der Waals surface area contributed by atoms with Crippen molar-refractivity contribution >= 4 is 51.0 Å². The van der Waals surface area contributed by atoms with Crippen molar-refractivity contribution < 1.29 is 9.21 Å². The number of aromatic nitrogens is 3. The van der Waals surface area contributed by atoms with Crippen LogP contribution in [0.15, 0.2) is 62.9 Å². The molecule has 34 heavy (non-hydrogen) atoms. The molecule has 0 bridgehead atoms. The Hall–Kier alpha value is -3.10. The number of fused-ring (bicyclic) bond motifs is 2. The van der Waals surface area contributed by atoms with Crippen molar-refractivity contribution in [2.45, 2.75) is 35.8 Å². The van der Waals surface area contributed by atoms with Crippen molar-refractivity contribution in [1.82, 2.24) is 19.9 Å².